The smallest absolute Gasteiger partial charge is 0.126 e. The van der Waals surface area contributed by atoms with E-state index in [1.54, 1.807) is 0 Å². The van der Waals surface area contributed by atoms with Crippen molar-refractivity contribution in [2.24, 2.45) is 0 Å². The molecule has 0 saturated heterocycles. The van der Waals surface area contributed by atoms with Gasteiger partial charge in [-0.3, -0.25) is 0 Å². The minimum atomic E-state index is 0.238. The van der Waals surface area contributed by atoms with Crippen molar-refractivity contribution in [1.82, 2.24) is 14.9 Å². The van der Waals surface area contributed by atoms with Crippen LogP contribution in [0.2, 0.25) is 0 Å². The van der Waals surface area contributed by atoms with Crippen LogP contribution in [0.5, 0.6) is 0 Å². The Hall–Kier alpha value is -1.61. The summed E-state index contributed by atoms with van der Waals surface area (Å²) < 4.78 is 2.20. The van der Waals surface area contributed by atoms with Crippen LogP contribution in [0, 0.1) is 0 Å². The Morgan fingerprint density at radius 2 is 2.00 bits per heavy atom. The normalized spacial score (nSPS) is 14.4. The number of nitrogens with one attached hydrogen (secondary N) is 1. The monoisotopic (exact) mass is 243 g/mol. The number of rotatable bonds is 5. The van der Waals surface area contributed by atoms with E-state index in [-0.39, 0.29) is 6.04 Å². The maximum atomic E-state index is 4.51. The minimum Gasteiger partial charge on any atom is -0.334 e. The number of aryl methyl sites for hydroxylation is 1. The molecule has 1 N–H and O–H groups in total. The van der Waals surface area contributed by atoms with Gasteiger partial charge in [0.15, 0.2) is 0 Å². The van der Waals surface area contributed by atoms with Gasteiger partial charge in [-0.1, -0.05) is 37.3 Å². The Morgan fingerprint density at radius 1 is 1.28 bits per heavy atom. The molecule has 3 heteroatoms. The van der Waals surface area contributed by atoms with Gasteiger partial charge >= 0.3 is 0 Å². The van der Waals surface area contributed by atoms with Crippen LogP contribution in [0.15, 0.2) is 42.7 Å². The second-order valence-corrected chi connectivity index (χ2v) is 4.54. The van der Waals surface area contributed by atoms with E-state index in [0.717, 1.165) is 12.4 Å². The highest BCUT2D eigenvalue weighted by atomic mass is 15.1. The average Bonchev–Trinajstić information content (AvgIpc) is 2.89. The van der Waals surface area contributed by atoms with Crippen LogP contribution in [0.25, 0.3) is 0 Å². The lowest BCUT2D eigenvalue weighted by atomic mass is 9.93. The van der Waals surface area contributed by atoms with Crippen molar-refractivity contribution in [3.8, 4) is 0 Å². The van der Waals surface area contributed by atoms with Gasteiger partial charge in [-0.15, -0.1) is 0 Å². The van der Waals surface area contributed by atoms with Crippen molar-refractivity contribution in [1.29, 1.82) is 0 Å². The van der Waals surface area contributed by atoms with E-state index in [4.69, 9.17) is 0 Å². The molecule has 0 radical (unpaired) electrons. The van der Waals surface area contributed by atoms with E-state index < -0.39 is 0 Å². The summed E-state index contributed by atoms with van der Waals surface area (Å²) in [6.07, 6.45) is 3.91. The van der Waals surface area contributed by atoms with Gasteiger partial charge in [-0.05, 0) is 19.5 Å². The molecule has 2 rings (SSSR count). The van der Waals surface area contributed by atoms with Crippen LogP contribution in [0.3, 0.4) is 0 Å². The van der Waals surface area contributed by atoms with Crippen molar-refractivity contribution >= 4 is 0 Å². The Bertz CT molecular complexity index is 475. The second-order valence-electron chi connectivity index (χ2n) is 4.54. The van der Waals surface area contributed by atoms with Gasteiger partial charge in [-0.25, -0.2) is 4.98 Å². The highest BCUT2D eigenvalue weighted by Crippen LogP contribution is 2.29. The number of hydrogen-bond acceptors (Lipinski definition) is 2. The van der Waals surface area contributed by atoms with E-state index in [0.29, 0.717) is 5.92 Å². The van der Waals surface area contributed by atoms with E-state index in [1.807, 2.05) is 19.4 Å². The van der Waals surface area contributed by atoms with Gasteiger partial charge in [0.25, 0.3) is 0 Å². The highest BCUT2D eigenvalue weighted by Gasteiger charge is 2.22. The Balaban J connectivity index is 2.29. The first kappa shape index (κ1) is 12.8. The van der Waals surface area contributed by atoms with Crippen LogP contribution in [-0.4, -0.2) is 16.6 Å². The average molecular weight is 243 g/mol. The van der Waals surface area contributed by atoms with Gasteiger partial charge in [0, 0.05) is 24.9 Å². The summed E-state index contributed by atoms with van der Waals surface area (Å²) in [6, 6.07) is 10.8. The lowest BCUT2D eigenvalue weighted by Gasteiger charge is -2.24. The SMILES string of the molecule is CCn1ccnc1C(NC)C(C)c1ccccc1. The maximum absolute atomic E-state index is 4.51. The summed E-state index contributed by atoms with van der Waals surface area (Å²) in [7, 11) is 2.00. The number of nitrogens with zero attached hydrogens (tertiary/aromatic N) is 2. The Labute approximate surface area is 109 Å². The Morgan fingerprint density at radius 3 is 2.61 bits per heavy atom. The number of imidazole rings is 1. The zero-order valence-corrected chi connectivity index (χ0v) is 11.3. The molecule has 18 heavy (non-hydrogen) atoms. The lowest BCUT2D eigenvalue weighted by Crippen LogP contribution is -2.25. The van der Waals surface area contributed by atoms with Crippen LogP contribution < -0.4 is 5.32 Å². The predicted molar refractivity (Wildman–Crippen MR) is 74.6 cm³/mol. The summed E-state index contributed by atoms with van der Waals surface area (Å²) in [5, 5.41) is 3.39. The summed E-state index contributed by atoms with van der Waals surface area (Å²) in [5.74, 6) is 1.50. The number of benzene rings is 1. The van der Waals surface area contributed by atoms with Gasteiger partial charge in [0.05, 0.1) is 6.04 Å². The number of aromatic nitrogens is 2. The Kier molecular flexibility index (Phi) is 4.15. The molecule has 0 aliphatic heterocycles. The van der Waals surface area contributed by atoms with Crippen molar-refractivity contribution in [3.05, 3.63) is 54.1 Å². The number of hydrogen-bond donors (Lipinski definition) is 1. The van der Waals surface area contributed by atoms with Gasteiger partial charge in [0.1, 0.15) is 5.82 Å². The molecule has 0 saturated carbocycles. The highest BCUT2D eigenvalue weighted by molar-refractivity contribution is 5.22. The van der Waals surface area contributed by atoms with Crippen LogP contribution in [0.4, 0.5) is 0 Å². The molecule has 1 heterocycles. The van der Waals surface area contributed by atoms with Gasteiger partial charge < -0.3 is 9.88 Å². The molecule has 0 aliphatic carbocycles. The quantitative estimate of drug-likeness (QED) is 0.875. The van der Waals surface area contributed by atoms with Crippen molar-refractivity contribution < 1.29 is 0 Å². The molecule has 96 valence electrons. The molecule has 0 spiro atoms. The molecule has 2 unspecified atom stereocenters. The first-order valence-electron chi connectivity index (χ1n) is 6.51. The summed E-state index contributed by atoms with van der Waals surface area (Å²) >= 11 is 0. The van der Waals surface area contributed by atoms with Crippen LogP contribution in [0.1, 0.15) is 37.2 Å². The topological polar surface area (TPSA) is 29.9 Å². The molecule has 0 bridgehead atoms. The van der Waals surface area contributed by atoms with Crippen molar-refractivity contribution in [3.63, 3.8) is 0 Å². The largest absolute Gasteiger partial charge is 0.334 e. The molecule has 1 aromatic heterocycles. The van der Waals surface area contributed by atoms with Crippen molar-refractivity contribution in [2.75, 3.05) is 7.05 Å². The molecule has 0 fully saturated rings. The fourth-order valence-corrected chi connectivity index (χ4v) is 2.42. The van der Waals surface area contributed by atoms with E-state index in [9.17, 15) is 0 Å². The van der Waals surface area contributed by atoms with E-state index in [2.05, 4.69) is 59.0 Å². The fraction of sp³-hybridized carbons (Fsp3) is 0.400. The molecule has 2 atom stereocenters. The first-order valence-corrected chi connectivity index (χ1v) is 6.51. The van der Waals surface area contributed by atoms with E-state index in [1.165, 1.54) is 5.56 Å². The standard InChI is InChI=1S/C15H21N3/c1-4-18-11-10-17-15(18)14(16-3)12(2)13-8-6-5-7-9-13/h5-12,14,16H,4H2,1-3H3. The van der Waals surface area contributed by atoms with Crippen molar-refractivity contribution in [2.45, 2.75) is 32.4 Å². The number of likely N-dealkylation sites (N-methyl/N-ethyl adjacent to an activating group) is 1. The van der Waals surface area contributed by atoms with Crippen LogP contribution >= 0.6 is 0 Å². The third-order valence-corrected chi connectivity index (χ3v) is 3.50. The molecular formula is C15H21N3. The molecule has 2 aromatic rings. The summed E-state index contributed by atoms with van der Waals surface area (Å²) in [6.45, 7) is 5.34. The fourth-order valence-electron chi connectivity index (χ4n) is 2.42. The van der Waals surface area contributed by atoms with Gasteiger partial charge in [-0.2, -0.15) is 0 Å². The predicted octanol–water partition coefficient (Wildman–Crippen LogP) is 2.97. The molecule has 0 aliphatic rings. The molecule has 3 nitrogen and oxygen atoms in total. The third kappa shape index (κ3) is 2.46. The minimum absolute atomic E-state index is 0.238. The molecular weight excluding hydrogens is 222 g/mol. The second kappa shape index (κ2) is 5.83. The molecule has 1 aromatic carbocycles. The zero-order valence-electron chi connectivity index (χ0n) is 11.3. The molecule has 0 amide bonds. The summed E-state index contributed by atoms with van der Waals surface area (Å²) in [5.41, 5.74) is 1.34. The van der Waals surface area contributed by atoms with E-state index >= 15 is 0 Å². The maximum Gasteiger partial charge on any atom is 0.126 e. The van der Waals surface area contributed by atoms with Crippen LogP contribution in [-0.2, 0) is 6.54 Å². The lowest BCUT2D eigenvalue weighted by molar-refractivity contribution is 0.461. The third-order valence-electron chi connectivity index (χ3n) is 3.50. The zero-order chi connectivity index (χ0) is 13.0. The summed E-state index contributed by atoms with van der Waals surface area (Å²) in [4.78, 5) is 4.51. The van der Waals surface area contributed by atoms with Gasteiger partial charge in [0.2, 0.25) is 0 Å². The first-order chi connectivity index (χ1) is 8.77.